The average Bonchev–Trinajstić information content (AvgIpc) is 3.18. The Morgan fingerprint density at radius 2 is 2.11 bits per heavy atom. The Morgan fingerprint density at radius 3 is 2.86 bits per heavy atom. The Bertz CT molecular complexity index is 1060. The van der Waals surface area contributed by atoms with Crippen LogP contribution in [0.15, 0.2) is 36.4 Å². The Kier molecular flexibility index (Phi) is 3.88. The van der Waals surface area contributed by atoms with E-state index in [1.807, 2.05) is 35.2 Å². The number of para-hydroxylation sites is 1. The lowest BCUT2D eigenvalue weighted by Gasteiger charge is -2.21. The number of thiazole rings is 1. The average molecular weight is 394 g/mol. The lowest BCUT2D eigenvalue weighted by Crippen LogP contribution is -2.34. The number of hydrogen-bond donors (Lipinski definition) is 1. The summed E-state index contributed by atoms with van der Waals surface area (Å²) in [4.78, 5) is 19.5. The van der Waals surface area contributed by atoms with Gasteiger partial charge in [-0.2, -0.15) is 0 Å². The summed E-state index contributed by atoms with van der Waals surface area (Å²) in [7, 11) is 0. The summed E-state index contributed by atoms with van der Waals surface area (Å²) >= 11 is 1.59. The second-order valence-corrected chi connectivity index (χ2v) is 9.35. The van der Waals surface area contributed by atoms with Crippen LogP contribution < -0.4 is 4.74 Å². The lowest BCUT2D eigenvalue weighted by atomic mass is 10.1. The molecule has 1 amide bonds. The molecule has 5 rings (SSSR count). The number of rotatable bonds is 2. The van der Waals surface area contributed by atoms with Gasteiger partial charge >= 0.3 is 0 Å². The van der Waals surface area contributed by atoms with Crippen molar-refractivity contribution in [2.75, 3.05) is 13.2 Å². The number of hydrogen-bond acceptors (Lipinski definition) is 5. The van der Waals surface area contributed by atoms with Gasteiger partial charge in [-0.25, -0.2) is 4.98 Å². The molecule has 1 aromatic heterocycles. The van der Waals surface area contributed by atoms with Crippen molar-refractivity contribution < 1.29 is 14.6 Å². The van der Waals surface area contributed by atoms with E-state index in [9.17, 15) is 9.90 Å². The van der Waals surface area contributed by atoms with Gasteiger partial charge in [-0.1, -0.05) is 26.0 Å². The molecule has 1 fully saturated rings. The van der Waals surface area contributed by atoms with E-state index >= 15 is 0 Å². The number of phenols is 1. The van der Waals surface area contributed by atoms with Crippen molar-refractivity contribution in [3.63, 3.8) is 0 Å². The molecule has 28 heavy (non-hydrogen) atoms. The number of carbonyl (C=O) groups excluding carboxylic acids is 1. The van der Waals surface area contributed by atoms with Crippen molar-refractivity contribution in [2.45, 2.75) is 26.8 Å². The first-order valence-corrected chi connectivity index (χ1v) is 10.4. The van der Waals surface area contributed by atoms with Crippen LogP contribution in [0, 0.1) is 11.3 Å². The first-order valence-electron chi connectivity index (χ1n) is 9.56. The Balaban J connectivity index is 1.50. The molecule has 1 aliphatic heterocycles. The predicted molar refractivity (Wildman–Crippen MR) is 110 cm³/mol. The van der Waals surface area contributed by atoms with Gasteiger partial charge in [0.1, 0.15) is 11.6 Å². The van der Waals surface area contributed by atoms with Crippen LogP contribution in [0.4, 0.5) is 0 Å². The lowest BCUT2D eigenvalue weighted by molar-refractivity contribution is -0.134. The number of benzene rings is 2. The maximum absolute atomic E-state index is 12.9. The maximum atomic E-state index is 12.9. The third-order valence-corrected chi connectivity index (χ3v) is 6.86. The van der Waals surface area contributed by atoms with E-state index in [2.05, 4.69) is 13.8 Å². The molecule has 5 nitrogen and oxygen atoms in total. The third kappa shape index (κ3) is 2.92. The summed E-state index contributed by atoms with van der Waals surface area (Å²) in [5.41, 5.74) is 2.72. The van der Waals surface area contributed by atoms with Crippen LogP contribution in [-0.2, 0) is 11.3 Å². The highest BCUT2D eigenvalue weighted by molar-refractivity contribution is 7.21. The van der Waals surface area contributed by atoms with Gasteiger partial charge in [0.25, 0.3) is 0 Å². The minimum Gasteiger partial charge on any atom is -0.504 e. The molecule has 0 spiro atoms. The molecule has 1 N–H and O–H groups in total. The Labute approximate surface area is 167 Å². The number of aromatic hydroxyl groups is 1. The number of nitrogens with zero attached hydrogens (tertiary/aromatic N) is 2. The molecule has 0 radical (unpaired) electrons. The second kappa shape index (κ2) is 6.21. The smallest absolute Gasteiger partial charge is 0.226 e. The quantitative estimate of drug-likeness (QED) is 0.698. The summed E-state index contributed by atoms with van der Waals surface area (Å²) in [6, 6.07) is 11.7. The highest BCUT2D eigenvalue weighted by atomic mass is 32.1. The van der Waals surface area contributed by atoms with Crippen LogP contribution in [0.2, 0.25) is 0 Å². The molecule has 2 aromatic carbocycles. The van der Waals surface area contributed by atoms with Crippen molar-refractivity contribution >= 4 is 27.5 Å². The standard InChI is InChI=1S/C22H22N2O3S/c1-22(2)11-15(22)21(26)24-7-8-27-19-14(12-24)9-13(10-17(19)25)20-23-16-5-3-4-6-18(16)28-20/h3-6,9-10,15,25H,7-8,11-12H2,1-2H3/t15-/m0/s1. The van der Waals surface area contributed by atoms with Gasteiger partial charge in [-0.3, -0.25) is 4.79 Å². The number of fused-ring (bicyclic) bond motifs is 2. The third-order valence-electron chi connectivity index (χ3n) is 5.78. The summed E-state index contributed by atoms with van der Waals surface area (Å²) < 4.78 is 6.91. The fourth-order valence-electron chi connectivity index (χ4n) is 3.92. The van der Waals surface area contributed by atoms with Crippen LogP contribution in [0.1, 0.15) is 25.8 Å². The predicted octanol–water partition coefficient (Wildman–Crippen LogP) is 4.44. The number of carbonyl (C=O) groups is 1. The molecule has 2 aliphatic rings. The van der Waals surface area contributed by atoms with E-state index in [1.54, 1.807) is 17.4 Å². The number of ether oxygens (including phenoxy) is 1. The largest absolute Gasteiger partial charge is 0.504 e. The van der Waals surface area contributed by atoms with Crippen molar-refractivity contribution in [2.24, 2.45) is 11.3 Å². The fourth-order valence-corrected chi connectivity index (χ4v) is 4.87. The van der Waals surface area contributed by atoms with Gasteiger partial charge in [0.15, 0.2) is 11.5 Å². The highest BCUT2D eigenvalue weighted by Gasteiger charge is 2.52. The van der Waals surface area contributed by atoms with Gasteiger partial charge in [0, 0.05) is 23.6 Å². The van der Waals surface area contributed by atoms with Gasteiger partial charge in [-0.05, 0) is 36.1 Å². The van der Waals surface area contributed by atoms with Crippen LogP contribution >= 0.6 is 11.3 Å². The van der Waals surface area contributed by atoms with Crippen LogP contribution in [0.25, 0.3) is 20.8 Å². The molecule has 1 saturated carbocycles. The monoisotopic (exact) mass is 394 g/mol. The summed E-state index contributed by atoms with van der Waals surface area (Å²) in [6.07, 6.45) is 0.938. The van der Waals surface area contributed by atoms with Crippen molar-refractivity contribution in [1.29, 1.82) is 0 Å². The van der Waals surface area contributed by atoms with E-state index < -0.39 is 0 Å². The molecule has 6 heteroatoms. The Hall–Kier alpha value is -2.60. The maximum Gasteiger partial charge on any atom is 0.226 e. The van der Waals surface area contributed by atoms with E-state index in [4.69, 9.17) is 9.72 Å². The van der Waals surface area contributed by atoms with E-state index in [1.165, 1.54) is 0 Å². The molecular formula is C22H22N2O3S. The molecule has 0 unspecified atom stereocenters. The molecular weight excluding hydrogens is 372 g/mol. The molecule has 1 aliphatic carbocycles. The van der Waals surface area contributed by atoms with Gasteiger partial charge in [0.2, 0.25) is 5.91 Å². The van der Waals surface area contributed by atoms with Crippen molar-refractivity contribution in [3.8, 4) is 22.1 Å². The van der Waals surface area contributed by atoms with Crippen molar-refractivity contribution in [1.82, 2.24) is 9.88 Å². The normalized spacial score (nSPS) is 20.4. The summed E-state index contributed by atoms with van der Waals surface area (Å²) in [5.74, 6) is 0.865. The van der Waals surface area contributed by atoms with Gasteiger partial charge < -0.3 is 14.7 Å². The minimum atomic E-state index is 0.0927. The summed E-state index contributed by atoms with van der Waals surface area (Å²) in [6.45, 7) is 5.65. The van der Waals surface area contributed by atoms with Gasteiger partial charge in [0.05, 0.1) is 16.8 Å². The molecule has 3 aromatic rings. The SMILES string of the molecule is CC1(C)C[C@H]1C(=O)N1CCOc2c(O)cc(-c3nc4ccccc4s3)cc2C1. The number of phenolic OH excluding ortho intramolecular Hbond substituents is 1. The zero-order valence-electron chi connectivity index (χ0n) is 15.9. The van der Waals surface area contributed by atoms with Crippen LogP contribution in [0.5, 0.6) is 11.5 Å². The van der Waals surface area contributed by atoms with E-state index in [-0.39, 0.29) is 23.0 Å². The minimum absolute atomic E-state index is 0.0927. The number of amides is 1. The molecule has 144 valence electrons. The van der Waals surface area contributed by atoms with Gasteiger partial charge in [-0.15, -0.1) is 11.3 Å². The molecule has 1 atom stereocenters. The van der Waals surface area contributed by atoms with Crippen LogP contribution in [-0.4, -0.2) is 34.0 Å². The zero-order chi connectivity index (χ0) is 19.5. The van der Waals surface area contributed by atoms with E-state index in [0.29, 0.717) is 25.4 Å². The first kappa shape index (κ1) is 17.5. The topological polar surface area (TPSA) is 62.7 Å². The highest BCUT2D eigenvalue weighted by Crippen LogP contribution is 2.52. The zero-order valence-corrected chi connectivity index (χ0v) is 16.8. The fraction of sp³-hybridized carbons (Fsp3) is 0.364. The van der Waals surface area contributed by atoms with E-state index in [0.717, 1.165) is 32.8 Å². The molecule has 2 heterocycles. The summed E-state index contributed by atoms with van der Waals surface area (Å²) in [5, 5.41) is 11.4. The molecule has 0 bridgehead atoms. The Morgan fingerprint density at radius 1 is 1.32 bits per heavy atom. The van der Waals surface area contributed by atoms with Crippen LogP contribution in [0.3, 0.4) is 0 Å². The second-order valence-electron chi connectivity index (χ2n) is 8.32. The first-order chi connectivity index (χ1) is 13.4. The van der Waals surface area contributed by atoms with Crippen molar-refractivity contribution in [3.05, 3.63) is 42.0 Å². The number of aromatic nitrogens is 1. The molecule has 0 saturated heterocycles.